The third-order valence-corrected chi connectivity index (χ3v) is 5.04. The maximum absolute atomic E-state index is 5.76. The van der Waals surface area contributed by atoms with E-state index >= 15 is 0 Å². The summed E-state index contributed by atoms with van der Waals surface area (Å²) in [5.41, 5.74) is 5.88. The summed E-state index contributed by atoms with van der Waals surface area (Å²) >= 11 is 0. The van der Waals surface area contributed by atoms with Crippen LogP contribution in [0.15, 0.2) is 24.5 Å². The Morgan fingerprint density at radius 3 is 2.12 bits per heavy atom. The lowest BCUT2D eigenvalue weighted by molar-refractivity contribution is -0.129. The molecule has 0 saturated carbocycles. The quantitative estimate of drug-likeness (QED) is 0.515. The van der Waals surface area contributed by atoms with E-state index in [4.69, 9.17) is 9.47 Å². The van der Waals surface area contributed by atoms with Gasteiger partial charge in [0, 0.05) is 6.42 Å². The highest BCUT2D eigenvalue weighted by Crippen LogP contribution is 2.32. The molecule has 0 bridgehead atoms. The van der Waals surface area contributed by atoms with Crippen molar-refractivity contribution in [1.29, 1.82) is 0 Å². The first-order valence-electron chi connectivity index (χ1n) is 9.98. The molecule has 0 amide bonds. The molecular formula is C23H36O2. The third-order valence-electron chi connectivity index (χ3n) is 5.04. The summed E-state index contributed by atoms with van der Waals surface area (Å²) in [6.45, 7) is 14.6. The lowest BCUT2D eigenvalue weighted by Gasteiger charge is -2.23. The highest BCUT2D eigenvalue weighted by atomic mass is 16.7. The molecule has 0 aliphatic carbocycles. The molecule has 1 unspecified atom stereocenters. The molecule has 0 radical (unpaired) electrons. The van der Waals surface area contributed by atoms with Gasteiger partial charge < -0.3 is 9.47 Å². The van der Waals surface area contributed by atoms with Crippen molar-refractivity contribution in [2.24, 2.45) is 0 Å². The summed E-state index contributed by atoms with van der Waals surface area (Å²) in [5.74, 6) is 1.62. The molecule has 0 spiro atoms. The molecule has 1 heterocycles. The SMILES string of the molecule is CC(C)c1cc(C(C)C)c(C/C=C\OC2CCCCO2)c(C(C)C)c1. The number of rotatable bonds is 7. The summed E-state index contributed by atoms with van der Waals surface area (Å²) < 4.78 is 11.4. The number of hydrogen-bond acceptors (Lipinski definition) is 2. The number of ether oxygens (including phenoxy) is 2. The van der Waals surface area contributed by atoms with Gasteiger partial charge in [-0.2, -0.15) is 0 Å². The number of benzene rings is 1. The molecule has 1 aliphatic rings. The van der Waals surface area contributed by atoms with Gasteiger partial charge in [0.15, 0.2) is 6.29 Å². The number of hydrogen-bond donors (Lipinski definition) is 0. The first kappa shape index (κ1) is 20.0. The van der Waals surface area contributed by atoms with E-state index in [-0.39, 0.29) is 6.29 Å². The van der Waals surface area contributed by atoms with E-state index in [0.717, 1.165) is 25.9 Å². The van der Waals surface area contributed by atoms with Crippen molar-refractivity contribution in [1.82, 2.24) is 0 Å². The Balaban J connectivity index is 2.19. The van der Waals surface area contributed by atoms with Crippen LogP contribution in [0.2, 0.25) is 0 Å². The van der Waals surface area contributed by atoms with Gasteiger partial charge in [0.1, 0.15) is 0 Å². The Bertz CT molecular complexity index is 534. The van der Waals surface area contributed by atoms with E-state index in [0.29, 0.717) is 17.8 Å². The van der Waals surface area contributed by atoms with Crippen LogP contribution < -0.4 is 0 Å². The van der Waals surface area contributed by atoms with Crippen LogP contribution in [0, 0.1) is 0 Å². The van der Waals surface area contributed by atoms with Crippen molar-refractivity contribution in [3.8, 4) is 0 Å². The maximum Gasteiger partial charge on any atom is 0.198 e. The van der Waals surface area contributed by atoms with Gasteiger partial charge in [-0.25, -0.2) is 0 Å². The Hall–Kier alpha value is -1.28. The molecule has 1 saturated heterocycles. The standard InChI is InChI=1S/C23H36O2/c1-16(2)19-14-21(17(3)4)20(22(15-19)18(5)6)10-9-13-25-23-11-7-8-12-24-23/h9,13-18,23H,7-8,10-12H2,1-6H3/b13-9-. The molecule has 2 heteroatoms. The molecule has 0 aromatic heterocycles. The second-order valence-electron chi connectivity index (χ2n) is 8.15. The van der Waals surface area contributed by atoms with Crippen molar-refractivity contribution in [2.75, 3.05) is 6.61 Å². The highest BCUT2D eigenvalue weighted by Gasteiger charge is 2.16. The van der Waals surface area contributed by atoms with Gasteiger partial charge in [-0.3, -0.25) is 0 Å². The van der Waals surface area contributed by atoms with Gasteiger partial charge in [0.2, 0.25) is 0 Å². The van der Waals surface area contributed by atoms with Crippen LogP contribution in [-0.2, 0) is 15.9 Å². The van der Waals surface area contributed by atoms with Gasteiger partial charge in [-0.1, -0.05) is 53.7 Å². The zero-order valence-electron chi connectivity index (χ0n) is 17.0. The van der Waals surface area contributed by atoms with E-state index in [9.17, 15) is 0 Å². The van der Waals surface area contributed by atoms with Gasteiger partial charge in [0.05, 0.1) is 12.9 Å². The second kappa shape index (κ2) is 9.43. The van der Waals surface area contributed by atoms with Crippen LogP contribution in [0.5, 0.6) is 0 Å². The molecule has 1 aliphatic heterocycles. The van der Waals surface area contributed by atoms with E-state index in [1.54, 1.807) is 0 Å². The molecule has 1 atom stereocenters. The molecule has 25 heavy (non-hydrogen) atoms. The second-order valence-corrected chi connectivity index (χ2v) is 8.15. The average Bonchev–Trinajstić information content (AvgIpc) is 2.58. The molecule has 1 aromatic rings. The maximum atomic E-state index is 5.76. The van der Waals surface area contributed by atoms with E-state index in [1.165, 1.54) is 28.7 Å². The first-order chi connectivity index (χ1) is 11.9. The monoisotopic (exact) mass is 344 g/mol. The Morgan fingerprint density at radius 1 is 1.00 bits per heavy atom. The summed E-state index contributed by atoms with van der Waals surface area (Å²) in [4.78, 5) is 0. The van der Waals surface area contributed by atoms with Gasteiger partial charge in [-0.05, 0) is 65.3 Å². The predicted octanol–water partition coefficient (Wildman–Crippen LogP) is 6.66. The van der Waals surface area contributed by atoms with Crippen molar-refractivity contribution in [3.63, 3.8) is 0 Å². The van der Waals surface area contributed by atoms with Crippen LogP contribution in [0.25, 0.3) is 0 Å². The largest absolute Gasteiger partial charge is 0.473 e. The van der Waals surface area contributed by atoms with Crippen LogP contribution in [0.4, 0.5) is 0 Å². The van der Waals surface area contributed by atoms with Crippen LogP contribution in [-0.4, -0.2) is 12.9 Å². The first-order valence-corrected chi connectivity index (χ1v) is 9.98. The lowest BCUT2D eigenvalue weighted by Crippen LogP contribution is -2.20. The summed E-state index contributed by atoms with van der Waals surface area (Å²) in [6.07, 6.45) is 8.22. The van der Waals surface area contributed by atoms with Gasteiger partial charge >= 0.3 is 0 Å². The van der Waals surface area contributed by atoms with Crippen molar-refractivity contribution in [2.45, 2.75) is 91.3 Å². The molecule has 1 aromatic carbocycles. The molecule has 1 fully saturated rings. The minimum absolute atomic E-state index is 0.0533. The minimum atomic E-state index is -0.0533. The predicted molar refractivity (Wildman–Crippen MR) is 106 cm³/mol. The fourth-order valence-corrected chi connectivity index (χ4v) is 3.47. The Kier molecular flexibility index (Phi) is 7.56. The molecule has 0 N–H and O–H groups in total. The fourth-order valence-electron chi connectivity index (χ4n) is 3.47. The summed E-state index contributed by atoms with van der Waals surface area (Å²) in [6, 6.07) is 4.82. The normalized spacial score (nSPS) is 18.7. The summed E-state index contributed by atoms with van der Waals surface area (Å²) in [5, 5.41) is 0. The average molecular weight is 345 g/mol. The van der Waals surface area contributed by atoms with E-state index < -0.39 is 0 Å². The zero-order valence-corrected chi connectivity index (χ0v) is 17.0. The van der Waals surface area contributed by atoms with Crippen molar-refractivity contribution >= 4 is 0 Å². The highest BCUT2D eigenvalue weighted by molar-refractivity contribution is 5.44. The van der Waals surface area contributed by atoms with Crippen molar-refractivity contribution in [3.05, 3.63) is 46.7 Å². The van der Waals surface area contributed by atoms with Crippen LogP contribution in [0.1, 0.15) is 101 Å². The Morgan fingerprint density at radius 2 is 1.64 bits per heavy atom. The summed E-state index contributed by atoms with van der Waals surface area (Å²) in [7, 11) is 0. The van der Waals surface area contributed by atoms with Crippen LogP contribution >= 0.6 is 0 Å². The molecule has 140 valence electrons. The van der Waals surface area contributed by atoms with Crippen molar-refractivity contribution < 1.29 is 9.47 Å². The molecular weight excluding hydrogens is 308 g/mol. The van der Waals surface area contributed by atoms with Gasteiger partial charge in [0.25, 0.3) is 0 Å². The van der Waals surface area contributed by atoms with Crippen LogP contribution in [0.3, 0.4) is 0 Å². The minimum Gasteiger partial charge on any atom is -0.473 e. The molecule has 2 rings (SSSR count). The zero-order chi connectivity index (χ0) is 18.4. The topological polar surface area (TPSA) is 18.5 Å². The third kappa shape index (κ3) is 5.60. The van der Waals surface area contributed by atoms with Gasteiger partial charge in [-0.15, -0.1) is 0 Å². The smallest absolute Gasteiger partial charge is 0.198 e. The fraction of sp³-hybridized carbons (Fsp3) is 0.652. The Labute approximate surface area is 154 Å². The van der Waals surface area contributed by atoms with E-state index in [1.807, 2.05) is 6.26 Å². The molecule has 2 nitrogen and oxygen atoms in total. The lowest BCUT2D eigenvalue weighted by atomic mass is 9.83. The van der Waals surface area contributed by atoms with E-state index in [2.05, 4.69) is 59.8 Å². The number of allylic oxidation sites excluding steroid dienone is 1.